The second-order valence-corrected chi connectivity index (χ2v) is 10.8. The molecule has 2 heterocycles. The van der Waals surface area contributed by atoms with Crippen molar-refractivity contribution in [2.24, 2.45) is 0 Å². The third-order valence-electron chi connectivity index (χ3n) is 5.99. The number of hydrogen-bond donors (Lipinski definition) is 0. The van der Waals surface area contributed by atoms with Crippen LogP contribution in [0.1, 0.15) is 17.3 Å². The highest BCUT2D eigenvalue weighted by molar-refractivity contribution is 7.94. The molecule has 1 saturated heterocycles. The summed E-state index contributed by atoms with van der Waals surface area (Å²) in [5.41, 5.74) is 2.21. The van der Waals surface area contributed by atoms with Crippen LogP contribution in [0.3, 0.4) is 0 Å². The fourth-order valence-corrected chi connectivity index (χ4v) is 4.68. The topological polar surface area (TPSA) is 87.1 Å². The Labute approximate surface area is 223 Å². The Morgan fingerprint density at radius 1 is 1.00 bits per heavy atom. The summed E-state index contributed by atoms with van der Waals surface area (Å²) in [5, 5.41) is 0. The highest BCUT2D eigenvalue weighted by atomic mass is 32.2. The van der Waals surface area contributed by atoms with Crippen molar-refractivity contribution in [3.8, 4) is 17.2 Å². The van der Waals surface area contributed by atoms with Gasteiger partial charge in [-0.25, -0.2) is 13.2 Å². The average molecular weight is 535 g/mol. The largest absolute Gasteiger partial charge is 0.487 e. The minimum atomic E-state index is -3.34. The van der Waals surface area contributed by atoms with Gasteiger partial charge in [0.25, 0.3) is 0 Å². The molecule has 9 heteroatoms. The zero-order chi connectivity index (χ0) is 27.3. The molecule has 3 aromatic rings. The summed E-state index contributed by atoms with van der Waals surface area (Å²) in [4.78, 5) is 14.7. The first kappa shape index (κ1) is 26.8. The highest BCUT2D eigenvalue weighted by Crippen LogP contribution is 2.33. The number of para-hydroxylation sites is 1. The quantitative estimate of drug-likeness (QED) is 0.207. The molecule has 0 spiro atoms. The Morgan fingerprint density at radius 3 is 2.26 bits per heavy atom. The van der Waals surface area contributed by atoms with Crippen LogP contribution in [0, 0.1) is 0 Å². The first-order chi connectivity index (χ1) is 18.2. The minimum Gasteiger partial charge on any atom is -0.487 e. The molecule has 2 aromatic carbocycles. The van der Waals surface area contributed by atoms with Gasteiger partial charge in [-0.1, -0.05) is 18.7 Å². The van der Waals surface area contributed by atoms with Crippen LogP contribution in [0.5, 0.6) is 11.5 Å². The molecule has 0 unspecified atom stereocenters. The van der Waals surface area contributed by atoms with Gasteiger partial charge in [0, 0.05) is 18.6 Å². The van der Waals surface area contributed by atoms with Gasteiger partial charge in [-0.3, -0.25) is 0 Å². The van der Waals surface area contributed by atoms with Crippen LogP contribution < -0.4 is 14.4 Å². The number of methoxy groups -OCH3 is 1. The molecule has 1 aliphatic rings. The monoisotopic (exact) mass is 534 g/mol. The summed E-state index contributed by atoms with van der Waals surface area (Å²) in [6, 6.07) is 16.7. The average Bonchev–Trinajstić information content (AvgIpc) is 3.40. The van der Waals surface area contributed by atoms with E-state index in [4.69, 9.17) is 14.2 Å². The Hall–Kier alpha value is -4.24. The van der Waals surface area contributed by atoms with E-state index >= 15 is 0 Å². The van der Waals surface area contributed by atoms with Gasteiger partial charge in [-0.15, -0.1) is 0 Å². The predicted molar refractivity (Wildman–Crippen MR) is 148 cm³/mol. The van der Waals surface area contributed by atoms with Crippen molar-refractivity contribution < 1.29 is 27.4 Å². The molecule has 38 heavy (non-hydrogen) atoms. The number of nitrogens with zero attached hydrogens (tertiary/aromatic N) is 2. The molecule has 0 radical (unpaired) electrons. The third kappa shape index (κ3) is 6.18. The van der Waals surface area contributed by atoms with E-state index in [1.165, 1.54) is 19.3 Å². The number of sulfone groups is 1. The van der Waals surface area contributed by atoms with Crippen molar-refractivity contribution in [1.29, 1.82) is 0 Å². The second-order valence-electron chi connectivity index (χ2n) is 8.80. The zero-order valence-corrected chi connectivity index (χ0v) is 22.4. The first-order valence-electron chi connectivity index (χ1n) is 11.9. The van der Waals surface area contributed by atoms with E-state index in [0.29, 0.717) is 35.9 Å². The van der Waals surface area contributed by atoms with Crippen LogP contribution in [-0.2, 0) is 14.6 Å². The van der Waals surface area contributed by atoms with Crippen LogP contribution in [-0.4, -0.2) is 51.5 Å². The lowest BCUT2D eigenvalue weighted by atomic mass is 10.1. The maximum Gasteiger partial charge on any atom is 0.340 e. The number of carbonyl (C=O) groups excluding carboxylic acids is 1. The van der Waals surface area contributed by atoms with E-state index in [0.717, 1.165) is 17.6 Å². The SMILES string of the molecule is C=C/C(=C\C=C(/C)Oc1ccc(OC2CN(c3cccc(C(=O)OC)c3-n3cccc3)C2)cc1)S(C)(=O)=O. The standard InChI is InChI=1S/C29H30N2O6S/c1-5-25(38(4,33)34)16-11-21(2)36-22-12-14-23(15-13-22)37-24-19-31(20-24)27-10-8-9-26(29(32)35-3)28(27)30-17-6-7-18-30/h5-18,24H,1,19-20H2,2-4H3/b21-11+,25-16+. The van der Waals surface area contributed by atoms with Crippen LogP contribution in [0.2, 0.25) is 0 Å². The highest BCUT2D eigenvalue weighted by Gasteiger charge is 2.32. The smallest absolute Gasteiger partial charge is 0.340 e. The minimum absolute atomic E-state index is 0.0128. The summed E-state index contributed by atoms with van der Waals surface area (Å²) in [5.74, 6) is 1.46. The maximum absolute atomic E-state index is 12.4. The van der Waals surface area contributed by atoms with Crippen molar-refractivity contribution >= 4 is 21.5 Å². The summed E-state index contributed by atoms with van der Waals surface area (Å²) in [7, 11) is -1.96. The number of carbonyl (C=O) groups is 1. The van der Waals surface area contributed by atoms with Crippen LogP contribution in [0.4, 0.5) is 5.69 Å². The van der Waals surface area contributed by atoms with Gasteiger partial charge in [0.05, 0.1) is 42.0 Å². The molecular formula is C29H30N2O6S. The Balaban J connectivity index is 1.39. The zero-order valence-electron chi connectivity index (χ0n) is 21.5. The molecule has 0 saturated carbocycles. The number of aromatic nitrogens is 1. The Morgan fingerprint density at radius 2 is 1.66 bits per heavy atom. The molecule has 4 rings (SSSR count). The lowest BCUT2D eigenvalue weighted by molar-refractivity contribution is 0.0600. The van der Waals surface area contributed by atoms with Crippen molar-refractivity contribution in [2.75, 3.05) is 31.4 Å². The van der Waals surface area contributed by atoms with Crippen molar-refractivity contribution in [2.45, 2.75) is 13.0 Å². The van der Waals surface area contributed by atoms with E-state index in [1.807, 2.05) is 53.4 Å². The number of hydrogen-bond acceptors (Lipinski definition) is 7. The Kier molecular flexibility index (Phi) is 8.07. The number of benzene rings is 2. The molecule has 8 nitrogen and oxygen atoms in total. The molecular weight excluding hydrogens is 504 g/mol. The van der Waals surface area contributed by atoms with Crippen LogP contribution in [0.15, 0.2) is 102 Å². The number of esters is 1. The number of ether oxygens (including phenoxy) is 3. The lowest BCUT2D eigenvalue weighted by Crippen LogP contribution is -2.54. The molecule has 0 atom stereocenters. The Bertz CT molecular complexity index is 1470. The number of allylic oxidation sites excluding steroid dienone is 4. The second kappa shape index (κ2) is 11.4. The number of rotatable bonds is 10. The summed E-state index contributed by atoms with van der Waals surface area (Å²) in [6.07, 6.45) is 9.26. The summed E-state index contributed by atoms with van der Waals surface area (Å²) >= 11 is 0. The first-order valence-corrected chi connectivity index (χ1v) is 13.8. The fraction of sp³-hybridized carbons (Fsp3) is 0.207. The van der Waals surface area contributed by atoms with Crippen molar-refractivity contribution in [3.05, 3.63) is 108 Å². The third-order valence-corrected chi connectivity index (χ3v) is 7.15. The fourth-order valence-electron chi connectivity index (χ4n) is 4.07. The molecule has 1 aromatic heterocycles. The molecule has 0 amide bonds. The van der Waals surface area contributed by atoms with Gasteiger partial charge in [-0.05, 0) is 67.6 Å². The van der Waals surface area contributed by atoms with Crippen LogP contribution >= 0.6 is 0 Å². The molecule has 198 valence electrons. The van der Waals surface area contributed by atoms with Crippen molar-refractivity contribution in [1.82, 2.24) is 4.57 Å². The van der Waals surface area contributed by atoms with Gasteiger partial charge >= 0.3 is 5.97 Å². The van der Waals surface area contributed by atoms with Gasteiger partial charge in [-0.2, -0.15) is 0 Å². The van der Waals surface area contributed by atoms with Crippen LogP contribution in [0.25, 0.3) is 5.69 Å². The summed E-state index contributed by atoms with van der Waals surface area (Å²) < 4.78 is 42.1. The van der Waals surface area contributed by atoms with E-state index in [1.54, 1.807) is 31.2 Å². The molecule has 0 N–H and O–H groups in total. The van der Waals surface area contributed by atoms with Gasteiger partial charge in [0.1, 0.15) is 23.4 Å². The normalized spacial score (nSPS) is 14.6. The summed E-state index contributed by atoms with van der Waals surface area (Å²) in [6.45, 7) is 6.60. The molecule has 0 aliphatic carbocycles. The molecule has 1 aliphatic heterocycles. The molecule has 1 fully saturated rings. The predicted octanol–water partition coefficient (Wildman–Crippen LogP) is 4.93. The van der Waals surface area contributed by atoms with E-state index < -0.39 is 9.84 Å². The van der Waals surface area contributed by atoms with Gasteiger partial charge < -0.3 is 23.7 Å². The number of anilines is 1. The van der Waals surface area contributed by atoms with E-state index in [9.17, 15) is 13.2 Å². The lowest BCUT2D eigenvalue weighted by Gasteiger charge is -2.41. The van der Waals surface area contributed by atoms with E-state index in [2.05, 4.69) is 11.5 Å². The molecule has 0 bridgehead atoms. The van der Waals surface area contributed by atoms with E-state index in [-0.39, 0.29) is 17.0 Å². The maximum atomic E-state index is 12.4. The van der Waals surface area contributed by atoms with Gasteiger partial charge in [0.2, 0.25) is 0 Å². The van der Waals surface area contributed by atoms with Gasteiger partial charge in [0.15, 0.2) is 9.84 Å². The van der Waals surface area contributed by atoms with Crippen molar-refractivity contribution in [3.63, 3.8) is 0 Å².